The van der Waals surface area contributed by atoms with Crippen molar-refractivity contribution in [2.75, 3.05) is 0 Å². The molecule has 1 aromatic carbocycles. The van der Waals surface area contributed by atoms with Crippen LogP contribution in [0.5, 0.6) is 0 Å². The Bertz CT molecular complexity index is 416. The third-order valence-corrected chi connectivity index (χ3v) is 4.26. The zero-order chi connectivity index (χ0) is 11.8. The molecule has 0 radical (unpaired) electrons. The molecule has 0 spiro atoms. The first-order valence-corrected chi connectivity index (χ1v) is 6.36. The number of carboxylic acids is 1. The van der Waals surface area contributed by atoms with E-state index in [1.54, 1.807) is 0 Å². The van der Waals surface area contributed by atoms with Gasteiger partial charge in [-0.2, -0.15) is 0 Å². The van der Waals surface area contributed by atoms with Gasteiger partial charge in [0.25, 0.3) is 0 Å². The number of halogens is 1. The summed E-state index contributed by atoms with van der Waals surface area (Å²) in [7, 11) is 0. The second-order valence-electron chi connectivity index (χ2n) is 4.58. The predicted molar refractivity (Wildman–Crippen MR) is 66.5 cm³/mol. The van der Waals surface area contributed by atoms with Crippen molar-refractivity contribution in [1.82, 2.24) is 0 Å². The molecule has 1 aliphatic carbocycles. The topological polar surface area (TPSA) is 37.3 Å². The summed E-state index contributed by atoms with van der Waals surface area (Å²) in [4.78, 5) is 11.6. The molecule has 0 amide bonds. The number of rotatable bonds is 2. The van der Waals surface area contributed by atoms with Crippen LogP contribution >= 0.6 is 15.9 Å². The summed E-state index contributed by atoms with van der Waals surface area (Å²) in [6.45, 7) is 2.04. The molecule has 3 heteroatoms. The van der Waals surface area contributed by atoms with Crippen molar-refractivity contribution in [3.63, 3.8) is 0 Å². The van der Waals surface area contributed by atoms with E-state index in [-0.39, 0.29) is 5.92 Å². The normalized spacial score (nSPS) is 29.2. The highest BCUT2D eigenvalue weighted by Gasteiger charge is 2.48. The van der Waals surface area contributed by atoms with E-state index in [2.05, 4.69) is 15.9 Å². The molecule has 2 atom stereocenters. The smallest absolute Gasteiger partial charge is 0.314 e. The van der Waals surface area contributed by atoms with Crippen LogP contribution in [0.25, 0.3) is 0 Å². The maximum absolute atomic E-state index is 11.6. The van der Waals surface area contributed by atoms with Gasteiger partial charge in [-0.25, -0.2) is 0 Å². The number of carboxylic acid groups (broad SMARTS) is 1. The minimum Gasteiger partial charge on any atom is -0.481 e. The summed E-state index contributed by atoms with van der Waals surface area (Å²) in [5.74, 6) is -0.477. The first kappa shape index (κ1) is 11.6. The number of benzene rings is 1. The van der Waals surface area contributed by atoms with Gasteiger partial charge < -0.3 is 5.11 Å². The Morgan fingerprint density at radius 3 is 2.81 bits per heavy atom. The maximum atomic E-state index is 11.6. The lowest BCUT2D eigenvalue weighted by Crippen LogP contribution is -2.38. The molecule has 1 saturated carbocycles. The van der Waals surface area contributed by atoms with Crippen molar-refractivity contribution in [2.45, 2.75) is 31.6 Å². The number of hydrogen-bond acceptors (Lipinski definition) is 1. The third-order valence-electron chi connectivity index (χ3n) is 3.77. The third kappa shape index (κ3) is 1.67. The van der Waals surface area contributed by atoms with Gasteiger partial charge in [-0.3, -0.25) is 4.79 Å². The van der Waals surface area contributed by atoms with E-state index in [4.69, 9.17) is 0 Å². The fourth-order valence-corrected chi connectivity index (χ4v) is 3.22. The molecule has 16 heavy (non-hydrogen) atoms. The molecule has 1 aliphatic rings. The lowest BCUT2D eigenvalue weighted by Gasteiger charge is -2.29. The van der Waals surface area contributed by atoms with E-state index >= 15 is 0 Å². The monoisotopic (exact) mass is 282 g/mol. The van der Waals surface area contributed by atoms with Crippen molar-refractivity contribution in [1.29, 1.82) is 0 Å². The van der Waals surface area contributed by atoms with Crippen molar-refractivity contribution in [3.05, 3.63) is 34.3 Å². The number of hydrogen-bond donors (Lipinski definition) is 1. The molecule has 1 N–H and O–H groups in total. The zero-order valence-corrected chi connectivity index (χ0v) is 10.8. The van der Waals surface area contributed by atoms with Gasteiger partial charge in [-0.05, 0) is 36.5 Å². The molecule has 0 saturated heterocycles. The summed E-state index contributed by atoms with van der Waals surface area (Å²) >= 11 is 3.41. The minimum absolute atomic E-state index is 0.208. The van der Waals surface area contributed by atoms with Crippen molar-refractivity contribution >= 4 is 21.9 Å². The van der Waals surface area contributed by atoms with Gasteiger partial charge in [0.2, 0.25) is 0 Å². The Kier molecular flexibility index (Phi) is 3.06. The van der Waals surface area contributed by atoms with E-state index in [0.29, 0.717) is 0 Å². The Hall–Kier alpha value is -0.830. The van der Waals surface area contributed by atoms with Gasteiger partial charge in [0, 0.05) is 4.47 Å². The molecular formula is C13H15BrO2. The van der Waals surface area contributed by atoms with Gasteiger partial charge in [0.1, 0.15) is 0 Å². The molecule has 0 aliphatic heterocycles. The average Bonchev–Trinajstić information content (AvgIpc) is 2.61. The summed E-state index contributed by atoms with van der Waals surface area (Å²) in [5, 5.41) is 9.56. The molecule has 1 fully saturated rings. The van der Waals surface area contributed by atoms with Gasteiger partial charge >= 0.3 is 5.97 Å². The summed E-state index contributed by atoms with van der Waals surface area (Å²) in [6, 6.07) is 7.71. The quantitative estimate of drug-likeness (QED) is 0.900. The highest BCUT2D eigenvalue weighted by atomic mass is 79.9. The van der Waals surface area contributed by atoms with E-state index < -0.39 is 11.4 Å². The van der Waals surface area contributed by atoms with Crippen LogP contribution < -0.4 is 0 Å². The molecule has 0 aromatic heterocycles. The van der Waals surface area contributed by atoms with Crippen LogP contribution in [0.4, 0.5) is 0 Å². The molecular weight excluding hydrogens is 268 g/mol. The summed E-state index contributed by atoms with van der Waals surface area (Å²) < 4.78 is 0.949. The maximum Gasteiger partial charge on any atom is 0.314 e. The number of aliphatic carboxylic acids is 1. The van der Waals surface area contributed by atoms with Crippen LogP contribution in [0.1, 0.15) is 31.7 Å². The molecule has 1 aromatic rings. The van der Waals surface area contributed by atoms with Gasteiger partial charge in [-0.1, -0.05) is 41.4 Å². The fourth-order valence-electron chi connectivity index (χ4n) is 2.82. The van der Waals surface area contributed by atoms with E-state index in [9.17, 15) is 9.90 Å². The van der Waals surface area contributed by atoms with Crippen LogP contribution in [0.3, 0.4) is 0 Å². The Morgan fingerprint density at radius 2 is 2.31 bits per heavy atom. The standard InChI is InChI=1S/C13H15BrO2/c1-9-4-3-7-13(9,12(15)16)10-5-2-6-11(14)8-10/h2,5-6,8-9H,3-4,7H2,1H3,(H,15,16). The van der Waals surface area contributed by atoms with Crippen molar-refractivity contribution in [3.8, 4) is 0 Å². The highest BCUT2D eigenvalue weighted by molar-refractivity contribution is 9.10. The second kappa shape index (κ2) is 4.21. The van der Waals surface area contributed by atoms with Crippen molar-refractivity contribution in [2.24, 2.45) is 5.92 Å². The molecule has 86 valence electrons. The van der Waals surface area contributed by atoms with Crippen LogP contribution in [-0.4, -0.2) is 11.1 Å². The average molecular weight is 283 g/mol. The zero-order valence-electron chi connectivity index (χ0n) is 9.24. The summed E-state index contributed by atoms with van der Waals surface area (Å²) in [5.41, 5.74) is 0.253. The van der Waals surface area contributed by atoms with Crippen LogP contribution in [0.2, 0.25) is 0 Å². The van der Waals surface area contributed by atoms with Crippen LogP contribution in [-0.2, 0) is 10.2 Å². The predicted octanol–water partition coefficient (Wildman–Crippen LogP) is 3.59. The van der Waals surface area contributed by atoms with E-state index in [0.717, 1.165) is 29.3 Å². The van der Waals surface area contributed by atoms with Crippen molar-refractivity contribution < 1.29 is 9.90 Å². The lowest BCUT2D eigenvalue weighted by molar-refractivity contribution is -0.145. The number of carbonyl (C=O) groups is 1. The lowest BCUT2D eigenvalue weighted by atomic mass is 9.73. The summed E-state index contributed by atoms with van der Waals surface area (Å²) in [6.07, 6.45) is 2.75. The van der Waals surface area contributed by atoms with Gasteiger partial charge in [-0.15, -0.1) is 0 Å². The van der Waals surface area contributed by atoms with E-state index in [1.807, 2.05) is 31.2 Å². The Balaban J connectivity index is 2.52. The first-order chi connectivity index (χ1) is 7.57. The molecule has 2 nitrogen and oxygen atoms in total. The first-order valence-electron chi connectivity index (χ1n) is 5.57. The SMILES string of the molecule is CC1CCCC1(C(=O)O)c1cccc(Br)c1. The molecule has 0 heterocycles. The van der Waals surface area contributed by atoms with E-state index in [1.165, 1.54) is 0 Å². The highest BCUT2D eigenvalue weighted by Crippen LogP contribution is 2.46. The molecule has 2 rings (SSSR count). The molecule has 2 unspecified atom stereocenters. The van der Waals surface area contributed by atoms with Gasteiger partial charge in [0.15, 0.2) is 0 Å². The fraction of sp³-hybridized carbons (Fsp3) is 0.462. The largest absolute Gasteiger partial charge is 0.481 e. The minimum atomic E-state index is -0.685. The van der Waals surface area contributed by atoms with Gasteiger partial charge in [0.05, 0.1) is 5.41 Å². The second-order valence-corrected chi connectivity index (χ2v) is 5.50. The molecule has 0 bridgehead atoms. The Labute approximate surface area is 104 Å². The van der Waals surface area contributed by atoms with Crippen LogP contribution in [0, 0.1) is 5.92 Å². The Morgan fingerprint density at radius 1 is 1.56 bits per heavy atom. The van der Waals surface area contributed by atoms with Crippen LogP contribution in [0.15, 0.2) is 28.7 Å².